The molecule has 21 heavy (non-hydrogen) atoms. The molecular weight excluding hydrogens is 324 g/mol. The Balaban J connectivity index is 2.00. The quantitative estimate of drug-likeness (QED) is 0.830. The number of sulfonamides is 1. The Morgan fingerprint density at radius 2 is 2.00 bits per heavy atom. The van der Waals surface area contributed by atoms with Crippen LogP contribution in [-0.2, 0) is 14.8 Å². The van der Waals surface area contributed by atoms with Gasteiger partial charge in [-0.3, -0.25) is 0 Å². The normalized spacial score (nSPS) is 20.7. The molecule has 1 aliphatic heterocycles. The standard InChI is InChI=1S/C13H14ClF2NO3S/c14-11-3-1-10(2-4-11)6-8-21(18,19)17-7-5-12(9-17)20-13(15)16/h1-4,6,8,12-13H,5,7,9H2/b8-6+/t12-/m0/s1. The topological polar surface area (TPSA) is 46.6 Å². The minimum Gasteiger partial charge on any atom is -0.318 e. The third-order valence-corrected chi connectivity index (χ3v) is 4.85. The molecule has 4 nitrogen and oxygen atoms in total. The van der Waals surface area contributed by atoms with E-state index in [1.54, 1.807) is 24.3 Å². The van der Waals surface area contributed by atoms with Crippen molar-refractivity contribution in [2.45, 2.75) is 19.1 Å². The maximum atomic E-state index is 12.1. The zero-order valence-electron chi connectivity index (χ0n) is 11.0. The molecule has 0 radical (unpaired) electrons. The predicted octanol–water partition coefficient (Wildman–Crippen LogP) is 2.95. The second-order valence-corrected chi connectivity index (χ2v) is 6.82. The number of halogens is 3. The van der Waals surface area contributed by atoms with E-state index in [9.17, 15) is 17.2 Å². The van der Waals surface area contributed by atoms with E-state index in [4.69, 9.17) is 11.6 Å². The van der Waals surface area contributed by atoms with Gasteiger partial charge in [0.2, 0.25) is 10.0 Å². The van der Waals surface area contributed by atoms with Crippen LogP contribution in [-0.4, -0.2) is 38.5 Å². The van der Waals surface area contributed by atoms with E-state index in [0.717, 1.165) is 9.71 Å². The Morgan fingerprint density at radius 3 is 2.62 bits per heavy atom. The molecule has 0 saturated carbocycles. The number of nitrogens with zero attached hydrogens (tertiary/aromatic N) is 1. The number of alkyl halides is 2. The minimum atomic E-state index is -3.64. The molecule has 0 unspecified atom stereocenters. The molecule has 0 aromatic heterocycles. The molecule has 1 aliphatic rings. The third-order valence-electron chi connectivity index (χ3n) is 3.07. The zero-order valence-corrected chi connectivity index (χ0v) is 12.5. The van der Waals surface area contributed by atoms with E-state index >= 15 is 0 Å². The highest BCUT2D eigenvalue weighted by Crippen LogP contribution is 2.20. The van der Waals surface area contributed by atoms with Gasteiger partial charge in [-0.1, -0.05) is 23.7 Å². The lowest BCUT2D eigenvalue weighted by molar-refractivity contribution is -0.157. The van der Waals surface area contributed by atoms with Gasteiger partial charge in [0.25, 0.3) is 0 Å². The monoisotopic (exact) mass is 337 g/mol. The number of hydrogen-bond donors (Lipinski definition) is 0. The number of ether oxygens (including phenoxy) is 1. The van der Waals surface area contributed by atoms with Crippen molar-refractivity contribution in [2.75, 3.05) is 13.1 Å². The van der Waals surface area contributed by atoms with Gasteiger partial charge in [-0.15, -0.1) is 0 Å². The SMILES string of the molecule is O=S(=O)(/C=C/c1ccc(Cl)cc1)N1CC[C@H](OC(F)F)C1. The molecule has 2 rings (SSSR count). The van der Waals surface area contributed by atoms with Gasteiger partial charge in [0.1, 0.15) is 0 Å². The lowest BCUT2D eigenvalue weighted by Crippen LogP contribution is -2.29. The molecule has 1 saturated heterocycles. The van der Waals surface area contributed by atoms with E-state index in [-0.39, 0.29) is 19.5 Å². The van der Waals surface area contributed by atoms with Crippen LogP contribution in [0.5, 0.6) is 0 Å². The van der Waals surface area contributed by atoms with Crippen molar-refractivity contribution >= 4 is 27.7 Å². The van der Waals surface area contributed by atoms with E-state index in [1.165, 1.54) is 6.08 Å². The van der Waals surface area contributed by atoms with Gasteiger partial charge in [-0.2, -0.15) is 13.1 Å². The summed E-state index contributed by atoms with van der Waals surface area (Å²) in [5.74, 6) is 0. The molecule has 0 N–H and O–H groups in total. The van der Waals surface area contributed by atoms with E-state index in [1.807, 2.05) is 0 Å². The first-order valence-electron chi connectivity index (χ1n) is 6.24. The van der Waals surface area contributed by atoms with Gasteiger partial charge in [-0.25, -0.2) is 8.42 Å². The second-order valence-electron chi connectivity index (χ2n) is 4.56. The highest BCUT2D eigenvalue weighted by Gasteiger charge is 2.31. The summed E-state index contributed by atoms with van der Waals surface area (Å²) in [5, 5.41) is 1.61. The molecule has 8 heteroatoms. The maximum Gasteiger partial charge on any atom is 0.345 e. The van der Waals surface area contributed by atoms with Crippen LogP contribution in [0.2, 0.25) is 5.02 Å². The Bertz CT molecular complexity index is 604. The van der Waals surface area contributed by atoms with Crippen LogP contribution in [0.25, 0.3) is 6.08 Å². The summed E-state index contributed by atoms with van der Waals surface area (Å²) in [7, 11) is -3.64. The fourth-order valence-electron chi connectivity index (χ4n) is 2.01. The number of rotatable bonds is 5. The average molecular weight is 338 g/mol. The molecule has 0 amide bonds. The number of benzene rings is 1. The van der Waals surface area contributed by atoms with E-state index in [0.29, 0.717) is 10.6 Å². The van der Waals surface area contributed by atoms with Crippen molar-refractivity contribution in [3.8, 4) is 0 Å². The lowest BCUT2D eigenvalue weighted by atomic mass is 10.2. The van der Waals surface area contributed by atoms with Crippen molar-refractivity contribution < 1.29 is 21.9 Å². The molecule has 0 aliphatic carbocycles. The molecule has 1 aromatic carbocycles. The van der Waals surface area contributed by atoms with Gasteiger partial charge in [-0.05, 0) is 30.2 Å². The predicted molar refractivity (Wildman–Crippen MR) is 76.5 cm³/mol. The fraction of sp³-hybridized carbons (Fsp3) is 0.385. The molecule has 1 heterocycles. The lowest BCUT2D eigenvalue weighted by Gasteiger charge is -2.14. The van der Waals surface area contributed by atoms with Crippen LogP contribution in [0.15, 0.2) is 29.7 Å². The van der Waals surface area contributed by atoms with E-state index in [2.05, 4.69) is 4.74 Å². The summed E-state index contributed by atoms with van der Waals surface area (Å²) in [6.45, 7) is -2.77. The van der Waals surface area contributed by atoms with Gasteiger partial charge >= 0.3 is 6.61 Å². The summed E-state index contributed by atoms with van der Waals surface area (Å²) in [4.78, 5) is 0. The van der Waals surface area contributed by atoms with Gasteiger partial charge in [0.05, 0.1) is 6.10 Å². The fourth-order valence-corrected chi connectivity index (χ4v) is 3.37. The summed E-state index contributed by atoms with van der Waals surface area (Å²) >= 11 is 5.74. The summed E-state index contributed by atoms with van der Waals surface area (Å²) < 4.78 is 53.8. The summed E-state index contributed by atoms with van der Waals surface area (Å²) in [6, 6.07) is 6.66. The van der Waals surface area contributed by atoms with Crippen LogP contribution in [0, 0.1) is 0 Å². The van der Waals surface area contributed by atoms with Crippen LogP contribution in [0.4, 0.5) is 8.78 Å². The minimum absolute atomic E-state index is 0.0579. The first-order valence-corrected chi connectivity index (χ1v) is 8.12. The Kier molecular flexibility index (Phi) is 5.32. The average Bonchev–Trinajstić information content (AvgIpc) is 2.86. The van der Waals surface area contributed by atoms with Crippen molar-refractivity contribution in [3.63, 3.8) is 0 Å². The Labute approximate surface area is 127 Å². The van der Waals surface area contributed by atoms with Gasteiger partial charge in [0.15, 0.2) is 0 Å². The van der Waals surface area contributed by atoms with Crippen molar-refractivity contribution in [1.82, 2.24) is 4.31 Å². The van der Waals surface area contributed by atoms with Crippen LogP contribution >= 0.6 is 11.6 Å². The van der Waals surface area contributed by atoms with E-state index < -0.39 is 22.7 Å². The number of hydrogen-bond acceptors (Lipinski definition) is 3. The first kappa shape index (κ1) is 16.4. The smallest absolute Gasteiger partial charge is 0.318 e. The summed E-state index contributed by atoms with van der Waals surface area (Å²) in [6.07, 6.45) is 0.939. The molecular formula is C13H14ClF2NO3S. The van der Waals surface area contributed by atoms with Gasteiger partial charge < -0.3 is 4.74 Å². The highest BCUT2D eigenvalue weighted by molar-refractivity contribution is 7.92. The second kappa shape index (κ2) is 6.83. The maximum absolute atomic E-state index is 12.1. The Hall–Kier alpha value is -1.02. The largest absolute Gasteiger partial charge is 0.345 e. The molecule has 0 spiro atoms. The Morgan fingerprint density at radius 1 is 1.33 bits per heavy atom. The zero-order chi connectivity index (χ0) is 15.5. The van der Waals surface area contributed by atoms with Crippen LogP contribution < -0.4 is 0 Å². The van der Waals surface area contributed by atoms with Crippen molar-refractivity contribution in [2.24, 2.45) is 0 Å². The molecule has 1 aromatic rings. The molecule has 0 bridgehead atoms. The van der Waals surface area contributed by atoms with Crippen LogP contribution in [0.3, 0.4) is 0 Å². The van der Waals surface area contributed by atoms with Gasteiger partial charge in [0, 0.05) is 23.5 Å². The van der Waals surface area contributed by atoms with Crippen molar-refractivity contribution in [1.29, 1.82) is 0 Å². The summed E-state index contributed by atoms with van der Waals surface area (Å²) in [5.41, 5.74) is 0.683. The highest BCUT2D eigenvalue weighted by atomic mass is 35.5. The van der Waals surface area contributed by atoms with Crippen molar-refractivity contribution in [3.05, 3.63) is 40.3 Å². The molecule has 1 fully saturated rings. The van der Waals surface area contributed by atoms with Crippen LogP contribution in [0.1, 0.15) is 12.0 Å². The molecule has 1 atom stereocenters. The first-order chi connectivity index (χ1) is 9.87. The molecule has 116 valence electrons. The third kappa shape index (κ3) is 4.74.